The molecule has 1 aromatic carbocycles. The van der Waals surface area contributed by atoms with E-state index >= 15 is 0 Å². The van der Waals surface area contributed by atoms with Crippen LogP contribution in [0.15, 0.2) is 24.3 Å². The zero-order chi connectivity index (χ0) is 12.1. The highest BCUT2D eigenvalue weighted by Gasteiger charge is 2.23. The normalized spacial score (nSPS) is 19.1. The molecule has 0 saturated carbocycles. The van der Waals surface area contributed by atoms with Gasteiger partial charge in [-0.05, 0) is 13.1 Å². The van der Waals surface area contributed by atoms with Gasteiger partial charge < -0.3 is 15.2 Å². The molecule has 1 atom stereocenters. The van der Waals surface area contributed by atoms with Crippen molar-refractivity contribution in [2.45, 2.75) is 6.04 Å². The van der Waals surface area contributed by atoms with Crippen LogP contribution < -0.4 is 5.32 Å². The number of phenolic OH excluding ortho intramolecular Hbond substituents is 1. The minimum absolute atomic E-state index is 0.213. The van der Waals surface area contributed by atoms with E-state index in [4.69, 9.17) is 4.74 Å². The molecule has 0 amide bonds. The lowest BCUT2D eigenvalue weighted by Gasteiger charge is -2.34. The monoisotopic (exact) mass is 236 g/mol. The Morgan fingerprint density at radius 2 is 2.06 bits per heavy atom. The number of nitrogens with one attached hydrogen (secondary N) is 1. The molecule has 2 N–H and O–H groups in total. The Kier molecular flexibility index (Phi) is 4.36. The Hall–Kier alpha value is -1.10. The molecule has 0 radical (unpaired) electrons. The molecule has 4 heteroatoms. The van der Waals surface area contributed by atoms with Crippen LogP contribution in [0.2, 0.25) is 0 Å². The van der Waals surface area contributed by atoms with Crippen LogP contribution in [0.3, 0.4) is 0 Å². The number of ether oxygens (including phenoxy) is 1. The molecule has 1 aliphatic rings. The zero-order valence-electron chi connectivity index (χ0n) is 10.2. The van der Waals surface area contributed by atoms with Gasteiger partial charge in [0.25, 0.3) is 0 Å². The molecule has 1 saturated heterocycles. The summed E-state index contributed by atoms with van der Waals surface area (Å²) in [5.41, 5.74) is 0.990. The van der Waals surface area contributed by atoms with Crippen LogP contribution in [-0.4, -0.2) is 49.9 Å². The number of nitrogens with zero attached hydrogens (tertiary/aromatic N) is 1. The number of likely N-dealkylation sites (N-methyl/N-ethyl adjacent to an activating group) is 1. The van der Waals surface area contributed by atoms with Crippen molar-refractivity contribution in [3.05, 3.63) is 29.8 Å². The van der Waals surface area contributed by atoms with Gasteiger partial charge in [0.05, 0.1) is 19.3 Å². The van der Waals surface area contributed by atoms with Crippen LogP contribution >= 0.6 is 0 Å². The third-order valence-electron chi connectivity index (χ3n) is 3.18. The first-order chi connectivity index (χ1) is 8.33. The van der Waals surface area contributed by atoms with E-state index in [2.05, 4.69) is 10.2 Å². The van der Waals surface area contributed by atoms with Crippen molar-refractivity contribution in [2.24, 2.45) is 0 Å². The number of para-hydroxylation sites is 1. The van der Waals surface area contributed by atoms with Crippen LogP contribution in [0.25, 0.3) is 0 Å². The number of aromatic hydroxyl groups is 1. The van der Waals surface area contributed by atoms with Gasteiger partial charge in [-0.15, -0.1) is 0 Å². The number of hydrogen-bond donors (Lipinski definition) is 2. The molecule has 1 unspecified atom stereocenters. The molecule has 0 bridgehead atoms. The Balaban J connectivity index is 2.18. The molecule has 2 rings (SSSR count). The van der Waals surface area contributed by atoms with E-state index in [9.17, 15) is 5.11 Å². The first-order valence-corrected chi connectivity index (χ1v) is 6.07. The number of rotatable bonds is 4. The fourth-order valence-electron chi connectivity index (χ4n) is 2.29. The summed E-state index contributed by atoms with van der Waals surface area (Å²) < 4.78 is 5.37. The van der Waals surface area contributed by atoms with E-state index < -0.39 is 0 Å². The molecule has 1 fully saturated rings. The summed E-state index contributed by atoms with van der Waals surface area (Å²) in [6.07, 6.45) is 0. The highest BCUT2D eigenvalue weighted by molar-refractivity contribution is 5.34. The van der Waals surface area contributed by atoms with Gasteiger partial charge in [0.2, 0.25) is 0 Å². The smallest absolute Gasteiger partial charge is 0.120 e. The van der Waals surface area contributed by atoms with Crippen LogP contribution in [0.5, 0.6) is 5.75 Å². The van der Waals surface area contributed by atoms with E-state index in [0.29, 0.717) is 5.75 Å². The summed E-state index contributed by atoms with van der Waals surface area (Å²) in [6, 6.07) is 7.78. The first kappa shape index (κ1) is 12.4. The lowest BCUT2D eigenvalue weighted by Crippen LogP contribution is -2.42. The van der Waals surface area contributed by atoms with E-state index in [1.807, 2.05) is 25.2 Å². The minimum atomic E-state index is 0.213. The van der Waals surface area contributed by atoms with Gasteiger partial charge in [0.15, 0.2) is 0 Å². The lowest BCUT2D eigenvalue weighted by molar-refractivity contribution is 0.0161. The Bertz CT molecular complexity index is 351. The average molecular weight is 236 g/mol. The second kappa shape index (κ2) is 6.00. The number of hydrogen-bond acceptors (Lipinski definition) is 4. The highest BCUT2D eigenvalue weighted by atomic mass is 16.5. The summed E-state index contributed by atoms with van der Waals surface area (Å²) in [7, 11) is 1.94. The van der Waals surface area contributed by atoms with Crippen molar-refractivity contribution < 1.29 is 9.84 Å². The van der Waals surface area contributed by atoms with Gasteiger partial charge in [-0.2, -0.15) is 0 Å². The van der Waals surface area contributed by atoms with Crippen molar-refractivity contribution in [2.75, 3.05) is 39.9 Å². The highest BCUT2D eigenvalue weighted by Crippen LogP contribution is 2.28. The van der Waals surface area contributed by atoms with Crippen LogP contribution in [0.4, 0.5) is 0 Å². The quantitative estimate of drug-likeness (QED) is 0.818. The van der Waals surface area contributed by atoms with Crippen molar-refractivity contribution in [1.82, 2.24) is 10.2 Å². The number of benzene rings is 1. The third kappa shape index (κ3) is 2.97. The second-order valence-electron chi connectivity index (χ2n) is 4.28. The first-order valence-electron chi connectivity index (χ1n) is 6.07. The van der Waals surface area contributed by atoms with Crippen molar-refractivity contribution >= 4 is 0 Å². The third-order valence-corrected chi connectivity index (χ3v) is 3.18. The molecule has 94 valence electrons. The molecule has 1 aromatic rings. The van der Waals surface area contributed by atoms with Gasteiger partial charge in [-0.3, -0.25) is 4.90 Å². The molecule has 1 aliphatic heterocycles. The van der Waals surface area contributed by atoms with Crippen molar-refractivity contribution in [3.63, 3.8) is 0 Å². The Morgan fingerprint density at radius 1 is 1.35 bits per heavy atom. The molecule has 1 heterocycles. The second-order valence-corrected chi connectivity index (χ2v) is 4.28. The van der Waals surface area contributed by atoms with Gasteiger partial charge in [0, 0.05) is 25.2 Å². The maximum Gasteiger partial charge on any atom is 0.120 e. The molecule has 0 spiro atoms. The van der Waals surface area contributed by atoms with Gasteiger partial charge >= 0.3 is 0 Å². The molecular formula is C13H20N2O2. The summed E-state index contributed by atoms with van der Waals surface area (Å²) in [5, 5.41) is 13.1. The molecular weight excluding hydrogens is 216 g/mol. The standard InChI is InChI=1S/C13H20N2O2/c1-14-10-12(15-6-8-17-9-7-15)11-4-2-3-5-13(11)16/h2-5,12,14,16H,6-10H2,1H3. The van der Waals surface area contributed by atoms with E-state index in [-0.39, 0.29) is 6.04 Å². The molecule has 4 nitrogen and oxygen atoms in total. The Labute approximate surface area is 102 Å². The van der Waals surface area contributed by atoms with Gasteiger partial charge in [0.1, 0.15) is 5.75 Å². The average Bonchev–Trinajstić information content (AvgIpc) is 2.38. The number of phenols is 1. The van der Waals surface area contributed by atoms with E-state index in [1.54, 1.807) is 6.07 Å². The molecule has 17 heavy (non-hydrogen) atoms. The van der Waals surface area contributed by atoms with Crippen molar-refractivity contribution in [3.8, 4) is 5.75 Å². The summed E-state index contributed by atoms with van der Waals surface area (Å²) in [4.78, 5) is 2.36. The van der Waals surface area contributed by atoms with E-state index in [0.717, 1.165) is 38.4 Å². The largest absolute Gasteiger partial charge is 0.508 e. The maximum atomic E-state index is 9.95. The van der Waals surface area contributed by atoms with Gasteiger partial charge in [-0.25, -0.2) is 0 Å². The topological polar surface area (TPSA) is 44.7 Å². The van der Waals surface area contributed by atoms with Crippen molar-refractivity contribution in [1.29, 1.82) is 0 Å². The molecule has 0 aromatic heterocycles. The predicted molar refractivity (Wildman–Crippen MR) is 67.2 cm³/mol. The van der Waals surface area contributed by atoms with Crippen LogP contribution in [-0.2, 0) is 4.74 Å². The summed E-state index contributed by atoms with van der Waals surface area (Å²) in [6.45, 7) is 4.21. The fraction of sp³-hybridized carbons (Fsp3) is 0.538. The summed E-state index contributed by atoms with van der Waals surface area (Å²) >= 11 is 0. The fourth-order valence-corrected chi connectivity index (χ4v) is 2.29. The Morgan fingerprint density at radius 3 is 2.71 bits per heavy atom. The lowest BCUT2D eigenvalue weighted by atomic mass is 10.0. The zero-order valence-corrected chi connectivity index (χ0v) is 10.2. The maximum absolute atomic E-state index is 9.95. The predicted octanol–water partition coefficient (Wildman–Crippen LogP) is 0.985. The SMILES string of the molecule is CNCC(c1ccccc1O)N1CCOCC1. The minimum Gasteiger partial charge on any atom is -0.508 e. The van der Waals surface area contributed by atoms with E-state index in [1.165, 1.54) is 0 Å². The number of morpholine rings is 1. The van der Waals surface area contributed by atoms with Crippen LogP contribution in [0, 0.1) is 0 Å². The van der Waals surface area contributed by atoms with Gasteiger partial charge in [-0.1, -0.05) is 18.2 Å². The molecule has 0 aliphatic carbocycles. The summed E-state index contributed by atoms with van der Waals surface area (Å²) in [5.74, 6) is 0.374. The van der Waals surface area contributed by atoms with Crippen LogP contribution in [0.1, 0.15) is 11.6 Å².